The van der Waals surface area contributed by atoms with Crippen molar-refractivity contribution in [2.75, 3.05) is 17.5 Å². The van der Waals surface area contributed by atoms with Crippen molar-refractivity contribution in [3.8, 4) is 17.0 Å². The number of aryl methyl sites for hydroxylation is 2. The number of pyridine rings is 1. The van der Waals surface area contributed by atoms with Gasteiger partial charge in [-0.25, -0.2) is 13.2 Å². The van der Waals surface area contributed by atoms with Crippen LogP contribution < -0.4 is 9.04 Å². The Bertz CT molecular complexity index is 1470. The summed E-state index contributed by atoms with van der Waals surface area (Å²) in [4.78, 5) is 20.5. The molecule has 1 aromatic heterocycles. The number of aromatic nitrogens is 1. The maximum Gasteiger partial charge on any atom is 0.344 e. The highest BCUT2D eigenvalue weighted by atomic mass is 32.2. The van der Waals surface area contributed by atoms with Crippen molar-refractivity contribution in [1.82, 2.24) is 4.98 Å². The number of carbonyl (C=O) groups is 1. The van der Waals surface area contributed by atoms with E-state index in [-0.39, 0.29) is 29.9 Å². The molecule has 0 aliphatic carbocycles. The fraction of sp³-hybridized carbons (Fsp3) is 0.296. The molecule has 0 bridgehead atoms. The van der Waals surface area contributed by atoms with Gasteiger partial charge in [0.15, 0.2) is 0 Å². The molecule has 0 fully saturated rings. The zero-order valence-electron chi connectivity index (χ0n) is 20.6. The van der Waals surface area contributed by atoms with Crippen LogP contribution in [0.1, 0.15) is 30.5 Å². The van der Waals surface area contributed by atoms with Gasteiger partial charge in [-0.2, -0.15) is 0 Å². The molecule has 3 aromatic rings. The van der Waals surface area contributed by atoms with E-state index in [2.05, 4.69) is 15.0 Å². The Balaban J connectivity index is 1.42. The molecule has 9 nitrogen and oxygen atoms in total. The number of sulfonamides is 1. The van der Waals surface area contributed by atoms with Gasteiger partial charge in [0, 0.05) is 11.3 Å². The summed E-state index contributed by atoms with van der Waals surface area (Å²) in [6.07, 6.45) is 0.759. The Hall–Kier alpha value is -3.92. The van der Waals surface area contributed by atoms with Crippen LogP contribution in [-0.2, 0) is 24.4 Å². The molecule has 0 unspecified atom stereocenters. The molecule has 37 heavy (non-hydrogen) atoms. The monoisotopic (exact) mass is 521 g/mol. The number of anilines is 1. The van der Waals surface area contributed by atoms with Gasteiger partial charge in [0.05, 0.1) is 29.4 Å². The number of carbonyl (C=O) groups excluding carboxylic acids is 1. The van der Waals surface area contributed by atoms with E-state index in [1.165, 1.54) is 4.31 Å². The van der Waals surface area contributed by atoms with Crippen LogP contribution in [0.3, 0.4) is 0 Å². The van der Waals surface area contributed by atoms with E-state index in [1.807, 2.05) is 50.2 Å². The van der Waals surface area contributed by atoms with E-state index < -0.39 is 16.0 Å². The molecule has 0 amide bonds. The molecule has 2 aliphatic heterocycles. The molecule has 2 aliphatic rings. The molecule has 1 atom stereocenters. The molecule has 0 radical (unpaired) electrons. The minimum absolute atomic E-state index is 0.0218. The number of oxime groups is 1. The third-order valence-corrected chi connectivity index (χ3v) is 7.91. The number of ether oxygens (including phenoxy) is 2. The van der Waals surface area contributed by atoms with Gasteiger partial charge in [-0.1, -0.05) is 18.2 Å². The lowest BCUT2D eigenvalue weighted by atomic mass is 10.1. The molecular weight excluding hydrogens is 494 g/mol. The molecule has 0 saturated heterocycles. The quantitative estimate of drug-likeness (QED) is 0.335. The van der Waals surface area contributed by atoms with Crippen molar-refractivity contribution in [2.45, 2.75) is 44.1 Å². The Morgan fingerprint density at radius 2 is 1.92 bits per heavy atom. The molecule has 3 heterocycles. The van der Waals surface area contributed by atoms with Crippen LogP contribution in [0.2, 0.25) is 0 Å². The van der Waals surface area contributed by atoms with Crippen molar-refractivity contribution >= 4 is 27.6 Å². The second-order valence-corrected chi connectivity index (χ2v) is 10.9. The average molecular weight is 522 g/mol. The Kier molecular flexibility index (Phi) is 6.84. The Morgan fingerprint density at radius 1 is 1.08 bits per heavy atom. The minimum Gasteiger partial charge on any atom is -0.486 e. The Labute approximate surface area is 215 Å². The third kappa shape index (κ3) is 5.43. The first-order chi connectivity index (χ1) is 17.8. The predicted molar refractivity (Wildman–Crippen MR) is 138 cm³/mol. The highest BCUT2D eigenvalue weighted by molar-refractivity contribution is 7.92. The molecule has 192 valence electrons. The van der Waals surface area contributed by atoms with Crippen molar-refractivity contribution in [2.24, 2.45) is 5.16 Å². The van der Waals surface area contributed by atoms with Crippen LogP contribution in [0.5, 0.6) is 5.75 Å². The fourth-order valence-corrected chi connectivity index (χ4v) is 5.93. The molecule has 0 saturated carbocycles. The predicted octanol–water partition coefficient (Wildman–Crippen LogP) is 4.38. The number of nitrogens with zero attached hydrogens (tertiary/aromatic N) is 3. The highest BCUT2D eigenvalue weighted by Crippen LogP contribution is 2.40. The smallest absolute Gasteiger partial charge is 0.344 e. The first kappa shape index (κ1) is 24.8. The number of benzene rings is 2. The van der Waals surface area contributed by atoms with Crippen molar-refractivity contribution < 1.29 is 27.5 Å². The fourth-order valence-electron chi connectivity index (χ4n) is 4.32. The molecule has 5 rings (SSSR count). The Morgan fingerprint density at radius 3 is 2.68 bits per heavy atom. The largest absolute Gasteiger partial charge is 0.486 e. The summed E-state index contributed by atoms with van der Waals surface area (Å²) in [7, 11) is -3.86. The molecule has 10 heteroatoms. The summed E-state index contributed by atoms with van der Waals surface area (Å²) in [6.45, 7) is 4.24. The minimum atomic E-state index is -3.86. The summed E-state index contributed by atoms with van der Waals surface area (Å²) < 4.78 is 40.9. The van der Waals surface area contributed by atoms with Gasteiger partial charge >= 0.3 is 5.97 Å². The van der Waals surface area contributed by atoms with Crippen LogP contribution in [0.4, 0.5) is 5.69 Å². The summed E-state index contributed by atoms with van der Waals surface area (Å²) >= 11 is 0. The average Bonchev–Trinajstić information content (AvgIpc) is 3.30. The normalized spacial score (nSPS) is 17.0. The van der Waals surface area contributed by atoms with Crippen molar-refractivity contribution in [3.63, 3.8) is 0 Å². The molecule has 0 N–H and O–H groups in total. The van der Waals surface area contributed by atoms with Crippen LogP contribution in [0, 0.1) is 13.8 Å². The highest BCUT2D eigenvalue weighted by Gasteiger charge is 2.35. The van der Waals surface area contributed by atoms with E-state index >= 15 is 0 Å². The second-order valence-electron chi connectivity index (χ2n) is 9.06. The van der Waals surface area contributed by atoms with E-state index in [1.54, 1.807) is 24.3 Å². The topological polar surface area (TPSA) is 107 Å². The number of hydrogen-bond donors (Lipinski definition) is 0. The van der Waals surface area contributed by atoms with Crippen LogP contribution >= 0.6 is 0 Å². The van der Waals surface area contributed by atoms with Crippen molar-refractivity contribution in [3.05, 3.63) is 71.9 Å². The lowest BCUT2D eigenvalue weighted by Gasteiger charge is -2.36. The van der Waals surface area contributed by atoms with Gasteiger partial charge in [-0.05, 0) is 79.9 Å². The second kappa shape index (κ2) is 10.2. The summed E-state index contributed by atoms with van der Waals surface area (Å²) in [6, 6.07) is 18.1. The summed E-state index contributed by atoms with van der Waals surface area (Å²) in [5, 5.41) is 3.58. The molecule has 2 aromatic carbocycles. The van der Waals surface area contributed by atoms with E-state index in [9.17, 15) is 13.2 Å². The molecule has 0 spiro atoms. The van der Waals surface area contributed by atoms with Gasteiger partial charge in [-0.3, -0.25) is 9.29 Å². The van der Waals surface area contributed by atoms with Crippen LogP contribution in [0.25, 0.3) is 11.3 Å². The number of hydrogen-bond acceptors (Lipinski definition) is 8. The number of rotatable bonds is 7. The lowest BCUT2D eigenvalue weighted by Crippen LogP contribution is -2.43. The van der Waals surface area contributed by atoms with E-state index in [0.29, 0.717) is 30.9 Å². The van der Waals surface area contributed by atoms with Gasteiger partial charge in [-0.15, -0.1) is 0 Å². The SMILES string of the molecule is Cc1cccc(S(=O)(=O)N2C[C@H](CCCOC3=NOC(=O)C3)Oc3ccc(-c4cccc(C)n4)cc32)c1. The first-order valence-electron chi connectivity index (χ1n) is 12.0. The van der Waals surface area contributed by atoms with Crippen LogP contribution in [0.15, 0.2) is 70.7 Å². The lowest BCUT2D eigenvalue weighted by molar-refractivity contribution is -0.140. The zero-order valence-corrected chi connectivity index (χ0v) is 21.4. The maximum atomic E-state index is 13.9. The summed E-state index contributed by atoms with van der Waals surface area (Å²) in [5.74, 6) is 0.296. The van der Waals surface area contributed by atoms with Gasteiger partial charge in [0.1, 0.15) is 18.3 Å². The van der Waals surface area contributed by atoms with Gasteiger partial charge < -0.3 is 14.3 Å². The first-order valence-corrected chi connectivity index (χ1v) is 13.5. The maximum absolute atomic E-state index is 13.9. The van der Waals surface area contributed by atoms with Gasteiger partial charge in [0.25, 0.3) is 10.0 Å². The molecular formula is C27H27N3O6S. The zero-order chi connectivity index (χ0) is 26.0. The standard InChI is InChI=1S/C27H27N3O6S/c1-18-6-3-9-22(14-18)37(32,33)30-17-21(8-5-13-34-26-16-27(31)36-29-26)35-25-12-11-20(15-24(25)30)23-10-4-7-19(2)28-23/h3-4,6-7,9-12,14-15,21H,5,8,13,16-17H2,1-2H3/t21-/m0/s1. The summed E-state index contributed by atoms with van der Waals surface area (Å²) in [5.41, 5.74) is 3.77. The third-order valence-electron chi connectivity index (χ3n) is 6.14. The number of fused-ring (bicyclic) bond motifs is 1. The van der Waals surface area contributed by atoms with E-state index in [0.717, 1.165) is 22.5 Å². The van der Waals surface area contributed by atoms with Crippen LogP contribution in [-0.4, -0.2) is 44.5 Å². The van der Waals surface area contributed by atoms with Gasteiger partial charge in [0.2, 0.25) is 5.90 Å². The van der Waals surface area contributed by atoms with E-state index in [4.69, 9.17) is 9.47 Å². The van der Waals surface area contributed by atoms with Crippen molar-refractivity contribution in [1.29, 1.82) is 0 Å².